The van der Waals surface area contributed by atoms with Gasteiger partial charge in [-0.25, -0.2) is 8.42 Å². The third-order valence-corrected chi connectivity index (χ3v) is 6.14. The fourth-order valence-corrected chi connectivity index (χ4v) is 3.86. The molecule has 0 spiro atoms. The van der Waals surface area contributed by atoms with Crippen LogP contribution in [0.5, 0.6) is 0 Å². The lowest BCUT2D eigenvalue weighted by Crippen LogP contribution is -2.37. The Morgan fingerprint density at radius 3 is 2.27 bits per heavy atom. The van der Waals surface area contributed by atoms with Crippen LogP contribution in [0, 0.1) is 0 Å². The fraction of sp³-hybridized carbons (Fsp3) is 0.389. The zero-order chi connectivity index (χ0) is 18.3. The molecule has 0 aliphatic rings. The van der Waals surface area contributed by atoms with E-state index >= 15 is 0 Å². The van der Waals surface area contributed by atoms with E-state index in [1.54, 1.807) is 19.2 Å². The minimum atomic E-state index is -3.14. The molecule has 0 aliphatic heterocycles. The molecular formula is C18H26IN3O2S2. The maximum absolute atomic E-state index is 11.5. The van der Waals surface area contributed by atoms with E-state index in [9.17, 15) is 8.42 Å². The van der Waals surface area contributed by atoms with E-state index in [1.165, 1.54) is 16.0 Å². The van der Waals surface area contributed by atoms with Crippen molar-refractivity contribution in [3.63, 3.8) is 0 Å². The van der Waals surface area contributed by atoms with Gasteiger partial charge in [0.1, 0.15) is 0 Å². The number of thiophene rings is 1. The minimum absolute atomic E-state index is 0. The number of nitrogens with zero attached hydrogens (tertiary/aromatic N) is 1. The van der Waals surface area contributed by atoms with Crippen LogP contribution in [-0.4, -0.2) is 34.2 Å². The lowest BCUT2D eigenvalue weighted by molar-refractivity contribution is 0.602. The molecule has 144 valence electrons. The third kappa shape index (κ3) is 7.24. The SMILES string of the molecule is CCc1ccc(CNC(=NC)NCCc2ccc(S(C)(=O)=O)cc2)s1.I. The van der Waals surface area contributed by atoms with Crippen LogP contribution in [0.3, 0.4) is 0 Å². The quantitative estimate of drug-likeness (QED) is 0.343. The summed E-state index contributed by atoms with van der Waals surface area (Å²) in [6.07, 6.45) is 3.08. The lowest BCUT2D eigenvalue weighted by Gasteiger charge is -2.11. The van der Waals surface area contributed by atoms with Gasteiger partial charge in [0.25, 0.3) is 0 Å². The molecule has 0 atom stereocenters. The summed E-state index contributed by atoms with van der Waals surface area (Å²) in [5.74, 6) is 0.763. The number of nitrogens with one attached hydrogen (secondary N) is 2. The van der Waals surface area contributed by atoms with Crippen molar-refractivity contribution >= 4 is 51.1 Å². The summed E-state index contributed by atoms with van der Waals surface area (Å²) in [7, 11) is -1.38. The summed E-state index contributed by atoms with van der Waals surface area (Å²) in [5, 5.41) is 6.59. The second-order valence-electron chi connectivity index (χ2n) is 5.74. The van der Waals surface area contributed by atoms with Crippen LogP contribution in [0.2, 0.25) is 0 Å². The Labute approximate surface area is 177 Å². The van der Waals surface area contributed by atoms with E-state index in [0.717, 1.165) is 37.5 Å². The van der Waals surface area contributed by atoms with E-state index in [-0.39, 0.29) is 24.0 Å². The normalized spacial score (nSPS) is 11.7. The molecule has 0 fully saturated rings. The molecule has 2 aromatic rings. The van der Waals surface area contributed by atoms with Crippen molar-refractivity contribution in [3.05, 3.63) is 51.7 Å². The second kappa shape index (κ2) is 10.9. The van der Waals surface area contributed by atoms with Crippen molar-refractivity contribution < 1.29 is 8.42 Å². The predicted molar refractivity (Wildman–Crippen MR) is 121 cm³/mol. The molecule has 1 heterocycles. The molecule has 8 heteroatoms. The smallest absolute Gasteiger partial charge is 0.191 e. The van der Waals surface area contributed by atoms with Crippen molar-refractivity contribution in [2.75, 3.05) is 19.8 Å². The maximum Gasteiger partial charge on any atom is 0.191 e. The van der Waals surface area contributed by atoms with Crippen LogP contribution in [-0.2, 0) is 29.2 Å². The molecule has 0 saturated carbocycles. The van der Waals surface area contributed by atoms with Gasteiger partial charge in [0.15, 0.2) is 15.8 Å². The number of guanidine groups is 1. The first kappa shape index (κ1) is 22.9. The molecule has 0 unspecified atom stereocenters. The first-order chi connectivity index (χ1) is 11.9. The van der Waals surface area contributed by atoms with Gasteiger partial charge >= 0.3 is 0 Å². The van der Waals surface area contributed by atoms with E-state index in [2.05, 4.69) is 34.7 Å². The average Bonchev–Trinajstić information content (AvgIpc) is 3.05. The molecule has 5 nitrogen and oxygen atoms in total. The molecule has 2 N–H and O–H groups in total. The Kier molecular flexibility index (Phi) is 9.59. The van der Waals surface area contributed by atoms with Crippen molar-refractivity contribution in [1.29, 1.82) is 0 Å². The first-order valence-corrected chi connectivity index (χ1v) is 10.9. The largest absolute Gasteiger partial charge is 0.356 e. The summed E-state index contributed by atoms with van der Waals surface area (Å²) in [5.41, 5.74) is 1.08. The van der Waals surface area contributed by atoms with E-state index < -0.39 is 9.84 Å². The fourth-order valence-electron chi connectivity index (χ4n) is 2.33. The number of aryl methyl sites for hydroxylation is 1. The molecular weight excluding hydrogens is 481 g/mol. The minimum Gasteiger partial charge on any atom is -0.356 e. The van der Waals surface area contributed by atoms with Gasteiger partial charge in [-0.05, 0) is 42.7 Å². The van der Waals surface area contributed by atoms with Crippen molar-refractivity contribution in [1.82, 2.24) is 10.6 Å². The van der Waals surface area contributed by atoms with E-state index in [4.69, 9.17) is 0 Å². The summed E-state index contributed by atoms with van der Waals surface area (Å²) < 4.78 is 22.9. The summed E-state index contributed by atoms with van der Waals surface area (Å²) in [4.78, 5) is 7.25. The zero-order valence-corrected chi connectivity index (χ0v) is 19.2. The Bertz CT molecular complexity index is 815. The number of rotatable bonds is 7. The van der Waals surface area contributed by atoms with Crippen molar-refractivity contribution in [2.24, 2.45) is 4.99 Å². The third-order valence-electron chi connectivity index (χ3n) is 3.78. The van der Waals surface area contributed by atoms with Crippen molar-refractivity contribution in [3.8, 4) is 0 Å². The van der Waals surface area contributed by atoms with Gasteiger partial charge in [0.05, 0.1) is 11.4 Å². The Balaban J connectivity index is 0.00000338. The predicted octanol–water partition coefficient (Wildman–Crippen LogP) is 3.24. The highest BCUT2D eigenvalue weighted by molar-refractivity contribution is 14.0. The van der Waals surface area contributed by atoms with Crippen molar-refractivity contribution in [2.45, 2.75) is 31.2 Å². The Hall–Kier alpha value is -1.13. The van der Waals surface area contributed by atoms with Crippen LogP contribution in [0.15, 0.2) is 46.3 Å². The monoisotopic (exact) mass is 507 g/mol. The van der Waals surface area contributed by atoms with Gasteiger partial charge in [-0.1, -0.05) is 19.1 Å². The molecule has 0 amide bonds. The Morgan fingerprint density at radius 2 is 1.73 bits per heavy atom. The highest BCUT2D eigenvalue weighted by Gasteiger charge is 2.06. The molecule has 0 saturated heterocycles. The van der Waals surface area contributed by atoms with Gasteiger partial charge in [-0.3, -0.25) is 4.99 Å². The standard InChI is InChI=1S/C18H25N3O2S2.HI/c1-4-15-7-8-16(24-15)13-21-18(19-2)20-12-11-14-5-9-17(10-6-14)25(3,22)23;/h5-10H,4,11-13H2,1-3H3,(H2,19,20,21);1H. The molecule has 26 heavy (non-hydrogen) atoms. The summed E-state index contributed by atoms with van der Waals surface area (Å²) in [6, 6.07) is 11.3. The molecule has 0 bridgehead atoms. The van der Waals surface area contributed by atoms with E-state index in [1.807, 2.05) is 23.5 Å². The molecule has 1 aromatic carbocycles. The van der Waals surface area contributed by atoms with Gasteiger partial charge in [-0.2, -0.15) is 0 Å². The maximum atomic E-state index is 11.5. The molecule has 0 radical (unpaired) electrons. The molecule has 1 aromatic heterocycles. The average molecular weight is 507 g/mol. The Morgan fingerprint density at radius 1 is 1.08 bits per heavy atom. The van der Waals surface area contributed by atoms with Gasteiger partial charge in [-0.15, -0.1) is 35.3 Å². The van der Waals surface area contributed by atoms with Crippen LogP contribution in [0.1, 0.15) is 22.2 Å². The first-order valence-electron chi connectivity index (χ1n) is 8.23. The molecule has 2 rings (SSSR count). The van der Waals surface area contributed by atoms with Gasteiger partial charge in [0.2, 0.25) is 0 Å². The van der Waals surface area contributed by atoms with Crippen LogP contribution in [0.4, 0.5) is 0 Å². The van der Waals surface area contributed by atoms with Crippen LogP contribution in [0.25, 0.3) is 0 Å². The number of hydrogen-bond donors (Lipinski definition) is 2. The number of sulfone groups is 1. The van der Waals surface area contributed by atoms with Gasteiger partial charge in [0, 0.05) is 29.6 Å². The second-order valence-corrected chi connectivity index (χ2v) is 9.01. The lowest BCUT2D eigenvalue weighted by atomic mass is 10.1. The topological polar surface area (TPSA) is 70.6 Å². The van der Waals surface area contributed by atoms with Gasteiger partial charge < -0.3 is 10.6 Å². The zero-order valence-electron chi connectivity index (χ0n) is 15.3. The van der Waals surface area contributed by atoms with E-state index in [0.29, 0.717) is 4.90 Å². The summed E-state index contributed by atoms with van der Waals surface area (Å²) in [6.45, 7) is 3.64. The number of hydrogen-bond acceptors (Lipinski definition) is 4. The summed E-state index contributed by atoms with van der Waals surface area (Å²) >= 11 is 1.81. The molecule has 0 aliphatic carbocycles. The number of aliphatic imine (C=N–C) groups is 1. The van der Waals surface area contributed by atoms with Crippen LogP contribution < -0.4 is 10.6 Å². The van der Waals surface area contributed by atoms with Crippen LogP contribution >= 0.6 is 35.3 Å². The highest BCUT2D eigenvalue weighted by atomic mass is 127. The highest BCUT2D eigenvalue weighted by Crippen LogP contribution is 2.16. The number of halogens is 1. The number of benzene rings is 1.